The Bertz CT molecular complexity index is 455. The second kappa shape index (κ2) is 4.21. The Kier molecular flexibility index (Phi) is 3.06. The Balaban J connectivity index is 2.19. The average Bonchev–Trinajstić information content (AvgIpc) is 3.01. The van der Waals surface area contributed by atoms with E-state index in [9.17, 15) is 4.21 Å². The zero-order valence-electron chi connectivity index (χ0n) is 9.90. The quantitative estimate of drug-likeness (QED) is 0.853. The first-order chi connectivity index (χ1) is 7.49. The minimum Gasteiger partial charge on any atom is -0.249 e. The van der Waals surface area contributed by atoms with Gasteiger partial charge in [-0.15, -0.1) is 0 Å². The van der Waals surface area contributed by atoms with Crippen LogP contribution in [0.4, 0.5) is 0 Å². The predicted octanol–water partition coefficient (Wildman–Crippen LogP) is 3.63. The molecule has 16 heavy (non-hydrogen) atoms. The first-order valence-electron chi connectivity index (χ1n) is 5.85. The third-order valence-corrected chi connectivity index (χ3v) is 5.07. The topological polar surface area (TPSA) is 40.9 Å². The van der Waals surface area contributed by atoms with Crippen LogP contribution in [0.25, 0.3) is 0 Å². The molecule has 0 saturated heterocycles. The van der Waals surface area contributed by atoms with Crippen LogP contribution in [0.2, 0.25) is 0 Å². The van der Waals surface area contributed by atoms with Crippen LogP contribution in [0.1, 0.15) is 38.2 Å². The standard InChI is InChI=1S/C13H19NOS/c1-10(2)12-5-7-13(8-6-12)16(14,15)9-11-3-4-11/h5-8,10-11,14H,3-4,9H2,1-2H3. The van der Waals surface area contributed by atoms with Crippen molar-refractivity contribution in [3.05, 3.63) is 29.8 Å². The molecule has 1 aromatic rings. The maximum absolute atomic E-state index is 12.2. The summed E-state index contributed by atoms with van der Waals surface area (Å²) in [5.74, 6) is 1.57. The third kappa shape index (κ3) is 2.64. The Morgan fingerprint density at radius 3 is 2.31 bits per heavy atom. The van der Waals surface area contributed by atoms with Crippen molar-refractivity contribution in [2.75, 3.05) is 5.75 Å². The van der Waals surface area contributed by atoms with Crippen LogP contribution in [-0.4, -0.2) is 9.96 Å². The monoisotopic (exact) mass is 237 g/mol. The normalized spacial score (nSPS) is 19.7. The molecule has 0 bridgehead atoms. The second-order valence-electron chi connectivity index (χ2n) is 5.01. The van der Waals surface area contributed by atoms with E-state index in [0.717, 1.165) is 12.8 Å². The van der Waals surface area contributed by atoms with E-state index in [4.69, 9.17) is 4.78 Å². The molecule has 0 radical (unpaired) electrons. The van der Waals surface area contributed by atoms with Crippen molar-refractivity contribution in [1.82, 2.24) is 0 Å². The molecule has 1 atom stereocenters. The van der Waals surface area contributed by atoms with Gasteiger partial charge in [-0.1, -0.05) is 26.0 Å². The summed E-state index contributed by atoms with van der Waals surface area (Å²) in [6, 6.07) is 7.74. The molecule has 2 rings (SSSR count). The molecule has 0 aromatic heterocycles. The maximum atomic E-state index is 12.2. The Morgan fingerprint density at radius 2 is 1.88 bits per heavy atom. The van der Waals surface area contributed by atoms with Crippen molar-refractivity contribution >= 4 is 9.73 Å². The molecule has 0 aliphatic heterocycles. The van der Waals surface area contributed by atoms with Gasteiger partial charge in [-0.3, -0.25) is 0 Å². The van der Waals surface area contributed by atoms with Crippen molar-refractivity contribution < 1.29 is 4.21 Å². The number of hydrogen-bond donors (Lipinski definition) is 1. The number of nitrogens with one attached hydrogen (secondary N) is 1. The van der Waals surface area contributed by atoms with E-state index >= 15 is 0 Å². The van der Waals surface area contributed by atoms with E-state index in [1.54, 1.807) is 0 Å². The first kappa shape index (κ1) is 11.6. The summed E-state index contributed by atoms with van der Waals surface area (Å²) in [6.07, 6.45) is 2.31. The van der Waals surface area contributed by atoms with Gasteiger partial charge in [0.15, 0.2) is 0 Å². The van der Waals surface area contributed by atoms with E-state index in [1.807, 2.05) is 24.3 Å². The van der Waals surface area contributed by atoms with E-state index < -0.39 is 9.73 Å². The molecular weight excluding hydrogens is 218 g/mol. The van der Waals surface area contributed by atoms with Gasteiger partial charge in [0.2, 0.25) is 0 Å². The number of rotatable bonds is 4. The van der Waals surface area contributed by atoms with Gasteiger partial charge in [-0.05, 0) is 42.4 Å². The van der Waals surface area contributed by atoms with Crippen LogP contribution in [0, 0.1) is 10.7 Å². The van der Waals surface area contributed by atoms with Crippen molar-refractivity contribution in [2.24, 2.45) is 5.92 Å². The Hall–Kier alpha value is -0.830. The zero-order chi connectivity index (χ0) is 11.8. The van der Waals surface area contributed by atoms with Crippen LogP contribution in [0.5, 0.6) is 0 Å². The summed E-state index contributed by atoms with van der Waals surface area (Å²) in [5, 5.41) is 0. The lowest BCUT2D eigenvalue weighted by atomic mass is 10.0. The SMILES string of the molecule is CC(C)c1ccc(S(=N)(=O)CC2CC2)cc1. The summed E-state index contributed by atoms with van der Waals surface area (Å²) in [4.78, 5) is 0.698. The molecule has 1 aliphatic rings. The molecule has 1 N–H and O–H groups in total. The minimum absolute atomic E-state index is 0.485. The van der Waals surface area contributed by atoms with E-state index in [0.29, 0.717) is 22.5 Å². The molecule has 1 aliphatic carbocycles. The molecule has 0 spiro atoms. The smallest absolute Gasteiger partial charge is 0.0728 e. The van der Waals surface area contributed by atoms with Crippen LogP contribution >= 0.6 is 0 Å². The van der Waals surface area contributed by atoms with E-state index in [1.165, 1.54) is 5.56 Å². The molecular formula is C13H19NOS. The van der Waals surface area contributed by atoms with Crippen molar-refractivity contribution in [3.63, 3.8) is 0 Å². The highest BCUT2D eigenvalue weighted by Gasteiger charge is 2.26. The predicted molar refractivity (Wildman–Crippen MR) is 67.3 cm³/mol. The van der Waals surface area contributed by atoms with Crippen molar-refractivity contribution in [3.8, 4) is 0 Å². The summed E-state index contributed by atoms with van der Waals surface area (Å²) in [6.45, 7) is 4.27. The minimum atomic E-state index is -2.54. The lowest BCUT2D eigenvalue weighted by Gasteiger charge is -2.09. The summed E-state index contributed by atoms with van der Waals surface area (Å²) in [7, 11) is -2.54. The van der Waals surface area contributed by atoms with Crippen LogP contribution < -0.4 is 0 Å². The highest BCUT2D eigenvalue weighted by atomic mass is 32.2. The van der Waals surface area contributed by atoms with Crippen LogP contribution in [-0.2, 0) is 9.73 Å². The van der Waals surface area contributed by atoms with Gasteiger partial charge in [-0.25, -0.2) is 8.99 Å². The van der Waals surface area contributed by atoms with E-state index in [2.05, 4.69) is 13.8 Å². The summed E-state index contributed by atoms with van der Waals surface area (Å²) >= 11 is 0. The Morgan fingerprint density at radius 1 is 1.31 bits per heavy atom. The molecule has 2 nitrogen and oxygen atoms in total. The van der Waals surface area contributed by atoms with Gasteiger partial charge in [-0.2, -0.15) is 0 Å². The number of benzene rings is 1. The first-order valence-corrected chi connectivity index (χ1v) is 7.58. The molecule has 1 saturated carbocycles. The van der Waals surface area contributed by atoms with Crippen LogP contribution in [0.3, 0.4) is 0 Å². The summed E-state index contributed by atoms with van der Waals surface area (Å²) < 4.78 is 20.1. The molecule has 0 heterocycles. The molecule has 0 amide bonds. The molecule has 1 aromatic carbocycles. The molecule has 3 heteroatoms. The number of hydrogen-bond acceptors (Lipinski definition) is 2. The van der Waals surface area contributed by atoms with E-state index in [-0.39, 0.29) is 0 Å². The fourth-order valence-electron chi connectivity index (χ4n) is 1.79. The molecule has 1 unspecified atom stereocenters. The third-order valence-electron chi connectivity index (χ3n) is 3.09. The van der Waals surface area contributed by atoms with Gasteiger partial charge in [0, 0.05) is 10.6 Å². The molecule has 88 valence electrons. The lowest BCUT2D eigenvalue weighted by Crippen LogP contribution is -2.06. The van der Waals surface area contributed by atoms with Gasteiger partial charge in [0.1, 0.15) is 0 Å². The van der Waals surface area contributed by atoms with Gasteiger partial charge in [0.05, 0.1) is 9.73 Å². The van der Waals surface area contributed by atoms with Gasteiger partial charge in [0.25, 0.3) is 0 Å². The van der Waals surface area contributed by atoms with Crippen LogP contribution in [0.15, 0.2) is 29.2 Å². The highest BCUT2D eigenvalue weighted by Crippen LogP contribution is 2.32. The summed E-state index contributed by atoms with van der Waals surface area (Å²) in [5.41, 5.74) is 1.24. The van der Waals surface area contributed by atoms with Crippen molar-refractivity contribution in [2.45, 2.75) is 37.5 Å². The van der Waals surface area contributed by atoms with Crippen molar-refractivity contribution in [1.29, 1.82) is 4.78 Å². The Labute approximate surface area is 98.0 Å². The zero-order valence-corrected chi connectivity index (χ0v) is 10.7. The average molecular weight is 237 g/mol. The maximum Gasteiger partial charge on any atom is 0.0728 e. The van der Waals surface area contributed by atoms with Gasteiger partial charge < -0.3 is 0 Å². The van der Waals surface area contributed by atoms with Gasteiger partial charge >= 0.3 is 0 Å². The molecule has 1 fully saturated rings. The highest BCUT2D eigenvalue weighted by molar-refractivity contribution is 7.92. The lowest BCUT2D eigenvalue weighted by molar-refractivity contribution is 0.671. The largest absolute Gasteiger partial charge is 0.249 e. The fraction of sp³-hybridized carbons (Fsp3) is 0.538. The fourth-order valence-corrected chi connectivity index (χ4v) is 3.55. The second-order valence-corrected chi connectivity index (χ2v) is 7.16.